The molecule has 0 aliphatic carbocycles. The van der Waals surface area contributed by atoms with Gasteiger partial charge in [-0.2, -0.15) is 0 Å². The predicted molar refractivity (Wildman–Crippen MR) is 50.3 cm³/mol. The monoisotopic (exact) mass is 169 g/mol. The van der Waals surface area contributed by atoms with Gasteiger partial charge in [-0.15, -0.1) is 0 Å². The zero-order chi connectivity index (χ0) is 8.39. The van der Waals surface area contributed by atoms with Crippen LogP contribution in [0, 0.1) is 0 Å². The Labute approximate surface area is 74.5 Å². The molecular formula is C9H19N3. The van der Waals surface area contributed by atoms with Gasteiger partial charge in [0.2, 0.25) is 0 Å². The molecule has 2 unspecified atom stereocenters. The Hall–Kier alpha value is -0.120. The Morgan fingerprint density at radius 3 is 2.67 bits per heavy atom. The maximum absolute atomic E-state index is 3.43. The molecule has 2 aliphatic rings. The Morgan fingerprint density at radius 1 is 1.17 bits per heavy atom. The molecule has 2 atom stereocenters. The highest BCUT2D eigenvalue weighted by atomic mass is 15.3. The van der Waals surface area contributed by atoms with Gasteiger partial charge in [0.05, 0.1) is 0 Å². The summed E-state index contributed by atoms with van der Waals surface area (Å²) in [7, 11) is 0. The van der Waals surface area contributed by atoms with Gasteiger partial charge in [0.25, 0.3) is 0 Å². The molecule has 2 fully saturated rings. The normalized spacial score (nSPS) is 38.8. The highest BCUT2D eigenvalue weighted by Crippen LogP contribution is 2.13. The van der Waals surface area contributed by atoms with E-state index in [2.05, 4.69) is 22.5 Å². The van der Waals surface area contributed by atoms with E-state index in [0.29, 0.717) is 0 Å². The van der Waals surface area contributed by atoms with Crippen molar-refractivity contribution in [3.63, 3.8) is 0 Å². The smallest absolute Gasteiger partial charge is 0.0236 e. The number of piperazine rings is 1. The molecule has 3 nitrogen and oxygen atoms in total. The van der Waals surface area contributed by atoms with Gasteiger partial charge in [0.1, 0.15) is 0 Å². The summed E-state index contributed by atoms with van der Waals surface area (Å²) in [6, 6.07) is 1.53. The lowest BCUT2D eigenvalue weighted by Gasteiger charge is -2.38. The maximum Gasteiger partial charge on any atom is 0.0236 e. The topological polar surface area (TPSA) is 27.3 Å². The van der Waals surface area contributed by atoms with Crippen molar-refractivity contribution in [1.29, 1.82) is 0 Å². The van der Waals surface area contributed by atoms with Crippen LogP contribution in [0.15, 0.2) is 0 Å². The first-order valence-electron chi connectivity index (χ1n) is 5.05. The van der Waals surface area contributed by atoms with Crippen LogP contribution < -0.4 is 10.6 Å². The summed E-state index contributed by atoms with van der Waals surface area (Å²) in [6.07, 6.45) is 1.34. The van der Waals surface area contributed by atoms with Gasteiger partial charge in [0, 0.05) is 38.3 Å². The lowest BCUT2D eigenvalue weighted by atomic mass is 10.1. The fourth-order valence-electron chi connectivity index (χ4n) is 2.32. The van der Waals surface area contributed by atoms with Gasteiger partial charge in [-0.3, -0.25) is 4.90 Å². The van der Waals surface area contributed by atoms with Crippen molar-refractivity contribution >= 4 is 0 Å². The van der Waals surface area contributed by atoms with Crippen LogP contribution in [0.25, 0.3) is 0 Å². The Balaban J connectivity index is 1.91. The highest BCUT2D eigenvalue weighted by Gasteiger charge is 2.27. The summed E-state index contributed by atoms with van der Waals surface area (Å²) in [4.78, 5) is 2.65. The minimum Gasteiger partial charge on any atom is -0.315 e. The van der Waals surface area contributed by atoms with E-state index in [1.165, 1.54) is 32.6 Å². The van der Waals surface area contributed by atoms with Crippen LogP contribution in [-0.2, 0) is 0 Å². The maximum atomic E-state index is 3.43. The second kappa shape index (κ2) is 3.73. The molecule has 0 aromatic heterocycles. The Kier molecular flexibility index (Phi) is 2.63. The summed E-state index contributed by atoms with van der Waals surface area (Å²) >= 11 is 0. The summed E-state index contributed by atoms with van der Waals surface area (Å²) in [5.74, 6) is 0. The molecule has 0 spiro atoms. The molecule has 0 amide bonds. The van der Waals surface area contributed by atoms with E-state index in [0.717, 1.165) is 18.6 Å². The van der Waals surface area contributed by atoms with Crippen LogP contribution in [-0.4, -0.2) is 49.7 Å². The zero-order valence-corrected chi connectivity index (χ0v) is 7.84. The lowest BCUT2D eigenvalue weighted by molar-refractivity contribution is 0.126. The molecule has 2 N–H and O–H groups in total. The molecule has 2 rings (SSSR count). The Morgan fingerprint density at radius 2 is 2.00 bits per heavy atom. The van der Waals surface area contributed by atoms with E-state index in [1.807, 2.05) is 0 Å². The first-order chi connectivity index (χ1) is 5.88. The second-order valence-corrected chi connectivity index (χ2v) is 3.94. The largest absolute Gasteiger partial charge is 0.315 e. The molecule has 0 saturated carbocycles. The highest BCUT2D eigenvalue weighted by molar-refractivity contribution is 4.87. The van der Waals surface area contributed by atoms with Crippen molar-refractivity contribution in [2.75, 3.05) is 32.7 Å². The van der Waals surface area contributed by atoms with Crippen molar-refractivity contribution in [1.82, 2.24) is 15.5 Å². The number of rotatable bonds is 1. The standard InChI is InChI=1S/C9H19N3/c1-8-6-11-4-5-12(8)9-2-3-10-7-9/h8-11H,2-7H2,1H3. The lowest BCUT2D eigenvalue weighted by Crippen LogP contribution is -2.54. The summed E-state index contributed by atoms with van der Waals surface area (Å²) < 4.78 is 0. The number of hydrogen-bond donors (Lipinski definition) is 2. The van der Waals surface area contributed by atoms with Gasteiger partial charge < -0.3 is 10.6 Å². The van der Waals surface area contributed by atoms with E-state index in [4.69, 9.17) is 0 Å². The van der Waals surface area contributed by atoms with E-state index >= 15 is 0 Å². The molecule has 3 heteroatoms. The predicted octanol–water partition coefficient (Wildman–Crippen LogP) is -0.358. The van der Waals surface area contributed by atoms with E-state index in [1.54, 1.807) is 0 Å². The number of nitrogens with zero attached hydrogens (tertiary/aromatic N) is 1. The van der Waals surface area contributed by atoms with Gasteiger partial charge >= 0.3 is 0 Å². The Bertz CT molecular complexity index is 143. The van der Waals surface area contributed by atoms with E-state index in [9.17, 15) is 0 Å². The zero-order valence-electron chi connectivity index (χ0n) is 7.84. The molecule has 0 aromatic rings. The molecule has 2 saturated heterocycles. The van der Waals surface area contributed by atoms with Crippen molar-refractivity contribution in [3.05, 3.63) is 0 Å². The van der Waals surface area contributed by atoms with E-state index in [-0.39, 0.29) is 0 Å². The van der Waals surface area contributed by atoms with Crippen molar-refractivity contribution in [2.24, 2.45) is 0 Å². The van der Waals surface area contributed by atoms with Crippen molar-refractivity contribution in [3.8, 4) is 0 Å². The third kappa shape index (κ3) is 1.63. The quantitative estimate of drug-likeness (QED) is 0.561. The number of hydrogen-bond acceptors (Lipinski definition) is 3. The third-order valence-corrected chi connectivity index (χ3v) is 3.06. The van der Waals surface area contributed by atoms with Crippen LogP contribution >= 0.6 is 0 Å². The van der Waals surface area contributed by atoms with Gasteiger partial charge in [-0.1, -0.05) is 0 Å². The van der Waals surface area contributed by atoms with Gasteiger partial charge in [-0.05, 0) is 19.9 Å². The van der Waals surface area contributed by atoms with Crippen molar-refractivity contribution < 1.29 is 0 Å². The first kappa shape index (κ1) is 8.48. The SMILES string of the molecule is CC1CNCCN1C1CCNC1. The minimum atomic E-state index is 0.726. The van der Waals surface area contributed by atoms with E-state index < -0.39 is 0 Å². The van der Waals surface area contributed by atoms with Crippen LogP contribution in [0.3, 0.4) is 0 Å². The second-order valence-electron chi connectivity index (χ2n) is 3.94. The summed E-state index contributed by atoms with van der Waals surface area (Å²) in [5, 5.41) is 6.85. The van der Waals surface area contributed by atoms with Crippen molar-refractivity contribution in [2.45, 2.75) is 25.4 Å². The van der Waals surface area contributed by atoms with Crippen LogP contribution in [0.1, 0.15) is 13.3 Å². The van der Waals surface area contributed by atoms with Crippen LogP contribution in [0.2, 0.25) is 0 Å². The average Bonchev–Trinajstić information content (AvgIpc) is 2.57. The fraction of sp³-hybridized carbons (Fsp3) is 1.00. The molecule has 70 valence electrons. The van der Waals surface area contributed by atoms with Crippen LogP contribution in [0.4, 0.5) is 0 Å². The molecule has 12 heavy (non-hydrogen) atoms. The summed E-state index contributed by atoms with van der Waals surface area (Å²) in [5.41, 5.74) is 0. The summed E-state index contributed by atoms with van der Waals surface area (Å²) in [6.45, 7) is 8.29. The minimum absolute atomic E-state index is 0.726. The molecule has 2 heterocycles. The molecule has 2 aliphatic heterocycles. The number of nitrogens with one attached hydrogen (secondary N) is 2. The van der Waals surface area contributed by atoms with Gasteiger partial charge in [-0.25, -0.2) is 0 Å². The fourth-order valence-corrected chi connectivity index (χ4v) is 2.32. The molecular weight excluding hydrogens is 150 g/mol. The molecule has 0 radical (unpaired) electrons. The third-order valence-electron chi connectivity index (χ3n) is 3.06. The average molecular weight is 169 g/mol. The molecule has 0 aromatic carbocycles. The van der Waals surface area contributed by atoms with Crippen LogP contribution in [0.5, 0.6) is 0 Å². The molecule has 0 bridgehead atoms. The van der Waals surface area contributed by atoms with Gasteiger partial charge in [0.15, 0.2) is 0 Å². The first-order valence-corrected chi connectivity index (χ1v) is 5.05.